The van der Waals surface area contributed by atoms with Crippen molar-refractivity contribution >= 4 is 51.9 Å². The second-order valence-corrected chi connectivity index (χ2v) is 9.27. The molecule has 2 heterocycles. The van der Waals surface area contributed by atoms with E-state index in [9.17, 15) is 14.0 Å². The van der Waals surface area contributed by atoms with Gasteiger partial charge in [0.1, 0.15) is 17.6 Å². The highest BCUT2D eigenvalue weighted by Crippen LogP contribution is 2.30. The molecule has 3 aromatic rings. The van der Waals surface area contributed by atoms with Gasteiger partial charge in [0.2, 0.25) is 5.91 Å². The minimum absolute atomic E-state index is 0.0831. The third-order valence-corrected chi connectivity index (χ3v) is 7.18. The zero-order chi connectivity index (χ0) is 24.2. The standard InChI is InChI=1S/C25H24FN3O3S2/c1-16-11-13-34-22(16)10-12-28-21(15-23(30)27-18-8-6-17(26)7-9-18)24(31)29(25(28)33)19-4-3-5-20(14-19)32-2/h3-9,11,13-14,21H,10,12,15H2,1-2H3,(H,27,30)/t21-/m1/s1. The molecule has 1 aromatic heterocycles. The van der Waals surface area contributed by atoms with Crippen LogP contribution in [0.1, 0.15) is 16.9 Å². The topological polar surface area (TPSA) is 61.9 Å². The Kier molecular flexibility index (Phi) is 7.23. The maximum absolute atomic E-state index is 13.5. The summed E-state index contributed by atoms with van der Waals surface area (Å²) in [5.41, 5.74) is 2.25. The first-order valence-electron chi connectivity index (χ1n) is 10.7. The first kappa shape index (κ1) is 23.8. The molecule has 0 spiro atoms. The van der Waals surface area contributed by atoms with Gasteiger partial charge < -0.3 is 15.0 Å². The lowest BCUT2D eigenvalue weighted by molar-refractivity contribution is -0.124. The first-order valence-corrected chi connectivity index (χ1v) is 12.0. The number of nitrogens with zero attached hydrogens (tertiary/aromatic N) is 2. The molecule has 2 amide bonds. The van der Waals surface area contributed by atoms with E-state index in [2.05, 4.69) is 18.3 Å². The largest absolute Gasteiger partial charge is 0.497 e. The molecule has 2 aromatic carbocycles. The van der Waals surface area contributed by atoms with Crippen LogP contribution in [0, 0.1) is 12.7 Å². The molecule has 1 aliphatic heterocycles. The Morgan fingerprint density at radius 2 is 1.97 bits per heavy atom. The van der Waals surface area contributed by atoms with E-state index in [1.165, 1.54) is 39.6 Å². The number of ether oxygens (including phenoxy) is 1. The number of methoxy groups -OCH3 is 1. The molecule has 176 valence electrons. The number of benzene rings is 2. The van der Waals surface area contributed by atoms with Crippen LogP contribution < -0.4 is 15.0 Å². The molecule has 6 nitrogen and oxygen atoms in total. The van der Waals surface area contributed by atoms with Gasteiger partial charge in [0.05, 0.1) is 19.2 Å². The average Bonchev–Trinajstić information content (AvgIpc) is 3.34. The summed E-state index contributed by atoms with van der Waals surface area (Å²) < 4.78 is 18.5. The van der Waals surface area contributed by atoms with Crippen LogP contribution in [0.15, 0.2) is 60.0 Å². The molecule has 0 radical (unpaired) electrons. The molecule has 1 aliphatic rings. The number of anilines is 2. The molecule has 4 rings (SSSR count). The average molecular weight is 498 g/mol. The van der Waals surface area contributed by atoms with Gasteiger partial charge in [0.15, 0.2) is 5.11 Å². The third kappa shape index (κ3) is 5.10. The molecular weight excluding hydrogens is 473 g/mol. The second kappa shape index (κ2) is 10.3. The maximum atomic E-state index is 13.5. The van der Waals surface area contributed by atoms with Crippen LogP contribution in [-0.4, -0.2) is 41.5 Å². The molecule has 0 unspecified atom stereocenters. The van der Waals surface area contributed by atoms with E-state index >= 15 is 0 Å². The summed E-state index contributed by atoms with van der Waals surface area (Å²) >= 11 is 7.38. The summed E-state index contributed by atoms with van der Waals surface area (Å²) in [5, 5.41) is 5.13. The van der Waals surface area contributed by atoms with Gasteiger partial charge in [-0.25, -0.2) is 4.39 Å². The third-order valence-electron chi connectivity index (χ3n) is 5.68. The van der Waals surface area contributed by atoms with E-state index in [1.807, 2.05) is 10.3 Å². The number of halogens is 1. The number of rotatable bonds is 8. The lowest BCUT2D eigenvalue weighted by Gasteiger charge is -2.24. The van der Waals surface area contributed by atoms with Crippen molar-refractivity contribution in [2.45, 2.75) is 25.8 Å². The Morgan fingerprint density at radius 3 is 2.65 bits per heavy atom. The van der Waals surface area contributed by atoms with Crippen LogP contribution in [-0.2, 0) is 16.0 Å². The summed E-state index contributed by atoms with van der Waals surface area (Å²) in [7, 11) is 1.56. The fourth-order valence-electron chi connectivity index (χ4n) is 3.88. The van der Waals surface area contributed by atoms with Gasteiger partial charge >= 0.3 is 0 Å². The predicted octanol–water partition coefficient (Wildman–Crippen LogP) is 4.78. The molecule has 34 heavy (non-hydrogen) atoms. The molecule has 1 atom stereocenters. The van der Waals surface area contributed by atoms with E-state index in [1.54, 1.807) is 42.7 Å². The fourth-order valence-corrected chi connectivity index (χ4v) is 5.19. The van der Waals surface area contributed by atoms with Crippen LogP contribution in [0.4, 0.5) is 15.8 Å². The van der Waals surface area contributed by atoms with E-state index in [4.69, 9.17) is 17.0 Å². The number of hydrogen-bond acceptors (Lipinski definition) is 5. The Bertz CT molecular complexity index is 1210. The van der Waals surface area contributed by atoms with Gasteiger partial charge in [0, 0.05) is 23.2 Å². The van der Waals surface area contributed by atoms with Crippen LogP contribution in [0.3, 0.4) is 0 Å². The van der Waals surface area contributed by atoms with Gasteiger partial charge in [-0.05, 0) is 79.0 Å². The highest BCUT2D eigenvalue weighted by molar-refractivity contribution is 7.80. The summed E-state index contributed by atoms with van der Waals surface area (Å²) in [4.78, 5) is 30.8. The van der Waals surface area contributed by atoms with Gasteiger partial charge in [0.25, 0.3) is 5.91 Å². The van der Waals surface area contributed by atoms with Gasteiger partial charge in [-0.15, -0.1) is 11.3 Å². The van der Waals surface area contributed by atoms with Gasteiger partial charge in [-0.2, -0.15) is 0 Å². The Labute approximate surface area is 206 Å². The van der Waals surface area contributed by atoms with Gasteiger partial charge in [-0.3, -0.25) is 14.5 Å². The molecule has 1 fully saturated rings. The van der Waals surface area contributed by atoms with Crippen LogP contribution in [0.25, 0.3) is 0 Å². The van der Waals surface area contributed by atoms with E-state index in [0.29, 0.717) is 35.2 Å². The van der Waals surface area contributed by atoms with Crippen LogP contribution in [0.2, 0.25) is 0 Å². The summed E-state index contributed by atoms with van der Waals surface area (Å²) in [6.07, 6.45) is 0.624. The lowest BCUT2D eigenvalue weighted by atomic mass is 10.1. The summed E-state index contributed by atoms with van der Waals surface area (Å²) in [6.45, 7) is 2.55. The van der Waals surface area contributed by atoms with Crippen LogP contribution in [0.5, 0.6) is 5.75 Å². The lowest BCUT2D eigenvalue weighted by Crippen LogP contribution is -2.39. The normalized spacial score (nSPS) is 15.7. The molecular formula is C25H24FN3O3S2. The van der Waals surface area contributed by atoms with Crippen molar-refractivity contribution in [3.8, 4) is 5.75 Å². The number of hydrogen-bond donors (Lipinski definition) is 1. The van der Waals surface area contributed by atoms with E-state index in [0.717, 1.165) is 0 Å². The maximum Gasteiger partial charge on any atom is 0.256 e. The quantitative estimate of drug-likeness (QED) is 0.454. The molecule has 1 saturated heterocycles. The van der Waals surface area contributed by atoms with Crippen molar-refractivity contribution in [3.05, 3.63) is 76.2 Å². The number of thiophene rings is 1. The van der Waals surface area contributed by atoms with Crippen molar-refractivity contribution in [1.82, 2.24) is 4.90 Å². The second-order valence-electron chi connectivity index (χ2n) is 7.90. The molecule has 0 saturated carbocycles. The summed E-state index contributed by atoms with van der Waals surface area (Å²) in [6, 6.07) is 13.9. The van der Waals surface area contributed by atoms with E-state index in [-0.39, 0.29) is 18.2 Å². The number of amides is 2. The molecule has 9 heteroatoms. The van der Waals surface area contributed by atoms with Crippen molar-refractivity contribution in [2.24, 2.45) is 0 Å². The fraction of sp³-hybridized carbons (Fsp3) is 0.240. The van der Waals surface area contributed by atoms with Gasteiger partial charge in [-0.1, -0.05) is 6.07 Å². The zero-order valence-corrected chi connectivity index (χ0v) is 20.4. The Morgan fingerprint density at radius 1 is 1.21 bits per heavy atom. The SMILES string of the molecule is COc1cccc(N2C(=O)[C@@H](CC(=O)Nc3ccc(F)cc3)N(CCc3sccc3C)C2=S)c1. The van der Waals surface area contributed by atoms with Crippen LogP contribution >= 0.6 is 23.6 Å². The minimum Gasteiger partial charge on any atom is -0.497 e. The molecule has 1 N–H and O–H groups in total. The van der Waals surface area contributed by atoms with Crippen molar-refractivity contribution in [3.63, 3.8) is 0 Å². The summed E-state index contributed by atoms with van der Waals surface area (Å²) in [5.74, 6) is -0.405. The monoisotopic (exact) mass is 497 g/mol. The van der Waals surface area contributed by atoms with Crippen molar-refractivity contribution in [1.29, 1.82) is 0 Å². The Hall–Kier alpha value is -3.30. The van der Waals surface area contributed by atoms with Crippen molar-refractivity contribution in [2.75, 3.05) is 23.9 Å². The first-order chi connectivity index (χ1) is 16.4. The number of carbonyl (C=O) groups excluding carboxylic acids is 2. The molecule has 0 aliphatic carbocycles. The Balaban J connectivity index is 1.57. The van der Waals surface area contributed by atoms with E-state index < -0.39 is 11.9 Å². The highest BCUT2D eigenvalue weighted by Gasteiger charge is 2.44. The number of aryl methyl sites for hydroxylation is 1. The highest BCUT2D eigenvalue weighted by atomic mass is 32.1. The number of nitrogens with one attached hydrogen (secondary N) is 1. The zero-order valence-electron chi connectivity index (χ0n) is 18.8. The minimum atomic E-state index is -0.751. The van der Waals surface area contributed by atoms with Crippen molar-refractivity contribution < 1.29 is 18.7 Å². The number of carbonyl (C=O) groups is 2. The molecule has 0 bridgehead atoms. The predicted molar refractivity (Wildman–Crippen MR) is 136 cm³/mol. The number of thiocarbonyl (C=S) groups is 1. The smallest absolute Gasteiger partial charge is 0.256 e.